The molecule has 2 rings (SSSR count). The van der Waals surface area contributed by atoms with Crippen LogP contribution in [-0.4, -0.2) is 24.7 Å². The lowest BCUT2D eigenvalue weighted by atomic mass is 10.2. The van der Waals surface area contributed by atoms with Crippen LogP contribution in [0.4, 0.5) is 23.7 Å². The van der Waals surface area contributed by atoms with Crippen molar-refractivity contribution in [2.75, 3.05) is 12.4 Å². The highest BCUT2D eigenvalue weighted by Gasteiger charge is 2.29. The summed E-state index contributed by atoms with van der Waals surface area (Å²) in [6.07, 6.45) is -0.788. The molecule has 27 heavy (non-hydrogen) atoms. The van der Waals surface area contributed by atoms with E-state index in [9.17, 15) is 18.0 Å². The number of amidine groups is 1. The van der Waals surface area contributed by atoms with Crippen molar-refractivity contribution >= 4 is 29.6 Å². The summed E-state index contributed by atoms with van der Waals surface area (Å²) in [6.45, 7) is 1.75. The first-order valence-electron chi connectivity index (χ1n) is 7.51. The fraction of sp³-hybridized carbons (Fsp3) is 0.176. The lowest BCUT2D eigenvalue weighted by Gasteiger charge is -2.12. The molecular formula is C17H16F3N3O3S. The summed E-state index contributed by atoms with van der Waals surface area (Å²) in [5.74, 6) is 0.872. The van der Waals surface area contributed by atoms with Crippen molar-refractivity contribution in [3.8, 4) is 11.5 Å². The molecule has 0 aliphatic carbocycles. The van der Waals surface area contributed by atoms with Crippen molar-refractivity contribution in [2.24, 2.45) is 10.7 Å². The molecule has 0 aromatic heterocycles. The van der Waals surface area contributed by atoms with Crippen LogP contribution in [0.3, 0.4) is 0 Å². The fourth-order valence-corrected chi connectivity index (χ4v) is 2.50. The minimum absolute atomic E-state index is 0.0690. The second kappa shape index (κ2) is 8.67. The standard InChI is InChI=1S/C17H16F3N3O3S/c1-10-9-11(23-16(24)26-15(21)22-2)3-8-14(10)25-12-4-6-13(7-5-12)27-17(18,19)20/h3-9H,1-2H3,(H2,21,22)(H,23,24). The number of aryl methyl sites for hydroxylation is 1. The summed E-state index contributed by atoms with van der Waals surface area (Å²) in [5, 5.41) is 2.48. The number of benzene rings is 2. The quantitative estimate of drug-likeness (QED) is 0.434. The minimum atomic E-state index is -4.34. The SMILES string of the molecule is CN=C(N)OC(=O)Nc1ccc(Oc2ccc(SC(F)(F)F)cc2)c(C)c1. The molecule has 10 heteroatoms. The van der Waals surface area contributed by atoms with Gasteiger partial charge < -0.3 is 15.2 Å². The van der Waals surface area contributed by atoms with E-state index in [1.165, 1.54) is 31.3 Å². The molecule has 3 N–H and O–H groups in total. The van der Waals surface area contributed by atoms with Crippen molar-refractivity contribution in [3.63, 3.8) is 0 Å². The molecule has 144 valence electrons. The first kappa shape index (κ1) is 20.4. The van der Waals surface area contributed by atoms with Gasteiger partial charge in [0.05, 0.1) is 0 Å². The molecule has 0 unspecified atom stereocenters. The number of nitrogens with two attached hydrogens (primary N) is 1. The summed E-state index contributed by atoms with van der Waals surface area (Å²) in [7, 11) is 1.38. The number of anilines is 1. The van der Waals surface area contributed by atoms with Gasteiger partial charge in [0.2, 0.25) is 0 Å². The second-order valence-electron chi connectivity index (χ2n) is 5.18. The summed E-state index contributed by atoms with van der Waals surface area (Å²) in [4.78, 5) is 15.2. The molecule has 2 aromatic rings. The molecule has 0 heterocycles. The maximum atomic E-state index is 12.3. The average molecular weight is 399 g/mol. The monoisotopic (exact) mass is 399 g/mol. The molecule has 6 nitrogen and oxygen atoms in total. The Morgan fingerprint density at radius 2 is 1.85 bits per heavy atom. The lowest BCUT2D eigenvalue weighted by Crippen LogP contribution is -2.24. The Kier molecular flexibility index (Phi) is 6.56. The van der Waals surface area contributed by atoms with Crippen LogP contribution in [-0.2, 0) is 4.74 Å². The van der Waals surface area contributed by atoms with Crippen molar-refractivity contribution in [1.82, 2.24) is 0 Å². The molecule has 0 aliphatic heterocycles. The Bertz CT molecular complexity index is 840. The number of carbonyl (C=O) groups excluding carboxylic acids is 1. The van der Waals surface area contributed by atoms with Crippen molar-refractivity contribution in [2.45, 2.75) is 17.3 Å². The highest BCUT2D eigenvalue weighted by molar-refractivity contribution is 8.00. The fourth-order valence-electron chi connectivity index (χ4n) is 1.96. The van der Waals surface area contributed by atoms with Gasteiger partial charge in [0, 0.05) is 17.6 Å². The van der Waals surface area contributed by atoms with Gasteiger partial charge in [0.25, 0.3) is 6.02 Å². The number of nitrogens with zero attached hydrogens (tertiary/aromatic N) is 1. The van der Waals surface area contributed by atoms with Gasteiger partial charge in [-0.25, -0.2) is 9.79 Å². The summed E-state index contributed by atoms with van der Waals surface area (Å²) in [5.41, 5.74) is 2.10. The number of alkyl halides is 3. The van der Waals surface area contributed by atoms with Gasteiger partial charge in [-0.3, -0.25) is 5.32 Å². The van der Waals surface area contributed by atoms with Gasteiger partial charge in [-0.05, 0) is 66.7 Å². The Morgan fingerprint density at radius 1 is 1.19 bits per heavy atom. The van der Waals surface area contributed by atoms with Crippen LogP contribution in [0, 0.1) is 6.92 Å². The molecule has 0 atom stereocenters. The largest absolute Gasteiger partial charge is 0.457 e. The Labute approximate surface area is 157 Å². The number of thioether (sulfide) groups is 1. The van der Waals surface area contributed by atoms with Gasteiger partial charge in [-0.15, -0.1) is 0 Å². The normalized spacial score (nSPS) is 11.8. The van der Waals surface area contributed by atoms with Gasteiger partial charge in [-0.1, -0.05) is 0 Å². The zero-order valence-corrected chi connectivity index (χ0v) is 15.1. The number of hydrogen-bond donors (Lipinski definition) is 2. The van der Waals surface area contributed by atoms with Crippen LogP contribution in [0.1, 0.15) is 5.56 Å². The number of hydrogen-bond acceptors (Lipinski definition) is 5. The van der Waals surface area contributed by atoms with E-state index in [2.05, 4.69) is 15.0 Å². The predicted octanol–water partition coefficient (Wildman–Crippen LogP) is 4.89. The third-order valence-electron chi connectivity index (χ3n) is 3.12. The highest BCUT2D eigenvalue weighted by atomic mass is 32.2. The predicted molar refractivity (Wildman–Crippen MR) is 97.3 cm³/mol. The molecule has 1 amide bonds. The van der Waals surface area contributed by atoms with E-state index in [0.29, 0.717) is 22.7 Å². The average Bonchev–Trinajstić information content (AvgIpc) is 2.57. The van der Waals surface area contributed by atoms with E-state index in [-0.39, 0.29) is 22.7 Å². The molecule has 0 radical (unpaired) electrons. The first-order chi connectivity index (χ1) is 12.7. The zero-order valence-electron chi connectivity index (χ0n) is 14.3. The van der Waals surface area contributed by atoms with E-state index in [1.54, 1.807) is 25.1 Å². The van der Waals surface area contributed by atoms with Crippen LogP contribution in [0.5, 0.6) is 11.5 Å². The number of nitrogens with one attached hydrogen (secondary N) is 1. The van der Waals surface area contributed by atoms with Gasteiger partial charge in [-0.2, -0.15) is 13.2 Å². The van der Waals surface area contributed by atoms with Crippen LogP contribution < -0.4 is 15.8 Å². The molecule has 0 spiro atoms. The molecule has 0 bridgehead atoms. The van der Waals surface area contributed by atoms with Crippen molar-refractivity contribution in [3.05, 3.63) is 48.0 Å². The zero-order chi connectivity index (χ0) is 20.0. The maximum absolute atomic E-state index is 12.3. The third-order valence-corrected chi connectivity index (χ3v) is 3.86. The molecular weight excluding hydrogens is 383 g/mol. The Morgan fingerprint density at radius 3 is 2.41 bits per heavy atom. The van der Waals surface area contributed by atoms with Crippen LogP contribution in [0.25, 0.3) is 0 Å². The Hall–Kier alpha value is -2.88. The molecule has 2 aromatic carbocycles. The minimum Gasteiger partial charge on any atom is -0.457 e. The van der Waals surface area contributed by atoms with E-state index < -0.39 is 11.6 Å². The van der Waals surface area contributed by atoms with Crippen molar-refractivity contribution < 1.29 is 27.4 Å². The van der Waals surface area contributed by atoms with Gasteiger partial charge in [0.15, 0.2) is 0 Å². The summed E-state index contributed by atoms with van der Waals surface area (Å²) >= 11 is -0.193. The number of halogens is 3. The third kappa shape index (κ3) is 6.74. The second-order valence-corrected chi connectivity index (χ2v) is 6.32. The van der Waals surface area contributed by atoms with Crippen LogP contribution in [0.2, 0.25) is 0 Å². The van der Waals surface area contributed by atoms with Crippen LogP contribution >= 0.6 is 11.8 Å². The van der Waals surface area contributed by atoms with E-state index in [1.807, 2.05) is 0 Å². The molecule has 0 saturated carbocycles. The smallest absolute Gasteiger partial charge is 0.446 e. The first-order valence-corrected chi connectivity index (χ1v) is 8.33. The number of rotatable bonds is 4. The van der Waals surface area contributed by atoms with Crippen LogP contribution in [0.15, 0.2) is 52.4 Å². The molecule has 0 fully saturated rings. The highest BCUT2D eigenvalue weighted by Crippen LogP contribution is 2.37. The number of amides is 1. The summed E-state index contributed by atoms with van der Waals surface area (Å²) in [6, 6.07) is 10.1. The van der Waals surface area contributed by atoms with Crippen molar-refractivity contribution in [1.29, 1.82) is 0 Å². The topological polar surface area (TPSA) is 85.9 Å². The Balaban J connectivity index is 2.02. The lowest BCUT2D eigenvalue weighted by molar-refractivity contribution is -0.0328. The maximum Gasteiger partial charge on any atom is 0.446 e. The van der Waals surface area contributed by atoms with E-state index in [4.69, 9.17) is 10.5 Å². The van der Waals surface area contributed by atoms with Gasteiger partial charge in [0.1, 0.15) is 11.5 Å². The van der Waals surface area contributed by atoms with E-state index >= 15 is 0 Å². The summed E-state index contributed by atoms with van der Waals surface area (Å²) < 4.78 is 47.4. The molecule has 0 saturated heterocycles. The molecule has 0 aliphatic rings. The number of ether oxygens (including phenoxy) is 2. The number of aliphatic imine (C=N–C) groups is 1. The van der Waals surface area contributed by atoms with Gasteiger partial charge >= 0.3 is 11.6 Å². The number of carbonyl (C=O) groups is 1. The van der Waals surface area contributed by atoms with E-state index in [0.717, 1.165) is 0 Å².